The molecule has 8 N–H and O–H groups in total. The Hall–Kier alpha value is -3.66. The number of benzene rings is 1. The Bertz CT molecular complexity index is 1370. The molecule has 0 saturated carbocycles. The van der Waals surface area contributed by atoms with Crippen molar-refractivity contribution >= 4 is 41.4 Å². The first-order valence-corrected chi connectivity index (χ1v) is 18.1. The highest BCUT2D eigenvalue weighted by molar-refractivity contribution is 6.30. The summed E-state index contributed by atoms with van der Waals surface area (Å²) in [5.74, 6) is -5.48. The second kappa shape index (κ2) is 24.1. The number of aliphatic carboxylic acids is 1. The topological polar surface area (TPSA) is 270 Å². The van der Waals surface area contributed by atoms with Crippen LogP contribution in [0.15, 0.2) is 24.3 Å². The molecule has 0 unspecified atom stereocenters. The number of ether oxygens (including phenoxy) is 6. The van der Waals surface area contributed by atoms with E-state index in [1.807, 2.05) is 0 Å². The monoisotopic (exact) mass is 806 g/mol. The van der Waals surface area contributed by atoms with Crippen LogP contribution < -0.4 is 21.3 Å². The van der Waals surface area contributed by atoms with Gasteiger partial charge in [-0.2, -0.15) is 0 Å². The van der Waals surface area contributed by atoms with Crippen molar-refractivity contribution in [3.63, 3.8) is 0 Å². The summed E-state index contributed by atoms with van der Waals surface area (Å²) in [6, 6.07) is 5.19. The number of alkyl carbamates (subject to hydrolysis) is 1. The number of hydrogen-bond acceptors (Lipinski definition) is 14. The summed E-state index contributed by atoms with van der Waals surface area (Å²) in [7, 11) is 0. The van der Waals surface area contributed by atoms with Crippen molar-refractivity contribution in [2.24, 2.45) is 0 Å². The Morgan fingerprint density at radius 2 is 1.49 bits per heavy atom. The lowest BCUT2D eigenvalue weighted by molar-refractivity contribution is -0.312. The smallest absolute Gasteiger partial charge is 0.407 e. The molecular formula is C35H55ClN4O15. The molecule has 0 spiro atoms. The number of hydrogen-bond donors (Lipinski definition) is 8. The molecule has 20 heteroatoms. The fraction of sp³-hybridized carbons (Fsp3) is 0.686. The van der Waals surface area contributed by atoms with Crippen molar-refractivity contribution in [3.05, 3.63) is 34.9 Å². The van der Waals surface area contributed by atoms with E-state index in [0.717, 1.165) is 6.92 Å². The fourth-order valence-electron chi connectivity index (χ4n) is 5.10. The van der Waals surface area contributed by atoms with E-state index in [1.54, 1.807) is 45.0 Å². The number of nitrogens with one attached hydrogen (secondary N) is 4. The van der Waals surface area contributed by atoms with E-state index in [-0.39, 0.29) is 78.1 Å². The molecule has 312 valence electrons. The van der Waals surface area contributed by atoms with Crippen LogP contribution >= 0.6 is 11.6 Å². The van der Waals surface area contributed by atoms with Gasteiger partial charge in [0.2, 0.25) is 17.7 Å². The lowest BCUT2D eigenvalue weighted by Crippen LogP contribution is -2.68. The third-order valence-electron chi connectivity index (χ3n) is 7.68. The largest absolute Gasteiger partial charge is 0.477 e. The number of carbonyl (C=O) groups is 5. The highest BCUT2D eigenvalue weighted by Gasteiger charge is 2.55. The zero-order valence-electron chi connectivity index (χ0n) is 31.5. The van der Waals surface area contributed by atoms with Crippen LogP contribution in [0.3, 0.4) is 0 Å². The summed E-state index contributed by atoms with van der Waals surface area (Å²) >= 11 is 5.86. The molecular weight excluding hydrogens is 752 g/mol. The van der Waals surface area contributed by atoms with Gasteiger partial charge in [-0.3, -0.25) is 14.4 Å². The molecule has 0 radical (unpaired) electrons. The molecule has 0 aromatic heterocycles. The zero-order chi connectivity index (χ0) is 41.0. The second-order valence-electron chi connectivity index (χ2n) is 13.5. The van der Waals surface area contributed by atoms with Crippen molar-refractivity contribution in [2.75, 3.05) is 65.9 Å². The molecule has 1 saturated heterocycles. The molecule has 55 heavy (non-hydrogen) atoms. The quantitative estimate of drug-likeness (QED) is 0.0598. The van der Waals surface area contributed by atoms with Crippen LogP contribution in [0.5, 0.6) is 0 Å². The lowest BCUT2D eigenvalue weighted by atomic mass is 9.88. The summed E-state index contributed by atoms with van der Waals surface area (Å²) < 4.78 is 32.5. The number of rotatable bonds is 24. The maximum atomic E-state index is 12.4. The maximum absolute atomic E-state index is 12.4. The van der Waals surface area contributed by atoms with Crippen molar-refractivity contribution < 1.29 is 72.8 Å². The van der Waals surface area contributed by atoms with Crippen molar-refractivity contribution in [1.82, 2.24) is 21.3 Å². The molecule has 1 aliphatic heterocycles. The Morgan fingerprint density at radius 1 is 0.891 bits per heavy atom. The highest BCUT2D eigenvalue weighted by Crippen LogP contribution is 2.33. The van der Waals surface area contributed by atoms with Crippen LogP contribution in [0, 0.1) is 0 Å². The summed E-state index contributed by atoms with van der Waals surface area (Å²) in [6.45, 7) is 6.78. The van der Waals surface area contributed by atoms with Crippen LogP contribution in [-0.2, 0) is 54.0 Å². The van der Waals surface area contributed by atoms with Crippen molar-refractivity contribution in [2.45, 2.75) is 88.8 Å². The van der Waals surface area contributed by atoms with Gasteiger partial charge < -0.3 is 70.1 Å². The molecule has 1 aromatic rings. The van der Waals surface area contributed by atoms with Gasteiger partial charge in [-0.1, -0.05) is 23.7 Å². The average molecular weight is 807 g/mol. The Morgan fingerprint density at radius 3 is 2.11 bits per heavy atom. The molecule has 1 aliphatic rings. The van der Waals surface area contributed by atoms with Gasteiger partial charge in [-0.15, -0.1) is 0 Å². The van der Waals surface area contributed by atoms with Crippen LogP contribution in [0.1, 0.15) is 46.1 Å². The molecule has 6 atom stereocenters. The summed E-state index contributed by atoms with van der Waals surface area (Å²) in [5, 5.41) is 53.3. The molecule has 1 aromatic carbocycles. The Balaban J connectivity index is 1.72. The minimum atomic E-state index is -2.49. The molecule has 0 aliphatic carbocycles. The van der Waals surface area contributed by atoms with Crippen molar-refractivity contribution in [3.8, 4) is 0 Å². The van der Waals surface area contributed by atoms with E-state index in [2.05, 4.69) is 21.3 Å². The summed E-state index contributed by atoms with van der Waals surface area (Å²) in [5.41, 5.74) is 0.0448. The van der Waals surface area contributed by atoms with Gasteiger partial charge in [0, 0.05) is 44.4 Å². The SMILES string of the molecule is CC(=O)N[C@H]1[C@H]([C@H](O)[C@H](O)CNC(=O)Cc2ccc(Cl)cc2)O[C@@](OCCOCCOCCNC(=O)CCOCCNC(=O)OC(C)(C)C)(C(=O)O)C[C@@H]1O. The number of amides is 4. The Kier molecular flexibility index (Phi) is 20.8. The minimum absolute atomic E-state index is 0.0486. The van der Waals surface area contributed by atoms with E-state index in [4.69, 9.17) is 40.0 Å². The normalized spacial score (nSPS) is 20.8. The van der Waals surface area contributed by atoms with E-state index in [1.165, 1.54) is 0 Å². The molecule has 19 nitrogen and oxygen atoms in total. The van der Waals surface area contributed by atoms with Gasteiger partial charge in [0.15, 0.2) is 0 Å². The standard InChI is InChI=1S/C35H55ClN4O15/c1-22(41)40-29-25(42)20-35(32(47)48,54-31(29)30(46)26(43)21-39-28(45)19-23-5-7-24(36)8-6-23)53-18-17-52-16-15-51-13-10-37-27(44)9-12-50-14-11-38-33(49)55-34(2,3)4/h5-8,25-26,29-31,42-43,46H,9-21H2,1-4H3,(H,37,44)(H,38,49)(H,39,45)(H,40,41)(H,47,48)/t25-,26+,29+,30+,31+,35+/m0/s1. The lowest BCUT2D eigenvalue weighted by Gasteiger charge is -2.46. The number of aliphatic hydroxyl groups excluding tert-OH is 3. The van der Waals surface area contributed by atoms with E-state index in [9.17, 15) is 44.4 Å². The maximum Gasteiger partial charge on any atom is 0.407 e. The van der Waals surface area contributed by atoms with E-state index < -0.39 is 78.7 Å². The van der Waals surface area contributed by atoms with Gasteiger partial charge in [0.1, 0.15) is 17.8 Å². The first-order valence-electron chi connectivity index (χ1n) is 17.8. The Labute approximate surface area is 324 Å². The van der Waals surface area contributed by atoms with Crippen LogP contribution in [0.2, 0.25) is 5.02 Å². The fourth-order valence-corrected chi connectivity index (χ4v) is 5.23. The molecule has 2 rings (SSSR count). The first-order chi connectivity index (χ1) is 25.9. The third kappa shape index (κ3) is 18.7. The molecule has 1 heterocycles. The third-order valence-corrected chi connectivity index (χ3v) is 7.93. The number of halogens is 1. The number of carboxylic acids is 1. The molecule has 0 bridgehead atoms. The van der Waals surface area contributed by atoms with Gasteiger partial charge in [-0.25, -0.2) is 9.59 Å². The molecule has 1 fully saturated rings. The number of aliphatic hydroxyl groups is 3. The zero-order valence-corrected chi connectivity index (χ0v) is 32.3. The number of carboxylic acid groups (broad SMARTS) is 1. The summed E-state index contributed by atoms with van der Waals surface area (Å²) in [4.78, 5) is 60.2. The van der Waals surface area contributed by atoms with E-state index >= 15 is 0 Å². The van der Waals surface area contributed by atoms with Crippen LogP contribution in [0.25, 0.3) is 0 Å². The predicted molar refractivity (Wildman–Crippen MR) is 194 cm³/mol. The van der Waals surface area contributed by atoms with Gasteiger partial charge in [0.25, 0.3) is 5.79 Å². The predicted octanol–water partition coefficient (Wildman–Crippen LogP) is -0.747. The minimum Gasteiger partial charge on any atom is -0.477 e. The average Bonchev–Trinajstić information content (AvgIpc) is 3.10. The number of carbonyl (C=O) groups excluding carboxylic acids is 4. The summed E-state index contributed by atoms with van der Waals surface area (Å²) in [6.07, 6.45) is -7.99. The van der Waals surface area contributed by atoms with Crippen LogP contribution in [0.4, 0.5) is 4.79 Å². The van der Waals surface area contributed by atoms with Gasteiger partial charge >= 0.3 is 12.1 Å². The van der Waals surface area contributed by atoms with E-state index in [0.29, 0.717) is 10.6 Å². The highest BCUT2D eigenvalue weighted by atomic mass is 35.5. The first kappa shape index (κ1) is 47.5. The molecule has 4 amide bonds. The van der Waals surface area contributed by atoms with Gasteiger partial charge in [0.05, 0.1) is 70.9 Å². The van der Waals surface area contributed by atoms with Crippen molar-refractivity contribution in [1.29, 1.82) is 0 Å². The van der Waals surface area contributed by atoms with Crippen LogP contribution in [-0.4, -0.2) is 158 Å². The van der Waals surface area contributed by atoms with Gasteiger partial charge in [-0.05, 0) is 38.5 Å². The second-order valence-corrected chi connectivity index (χ2v) is 14.0.